The molecule has 2 aromatic rings. The van der Waals surface area contributed by atoms with Gasteiger partial charge < -0.3 is 10.6 Å². The maximum Gasteiger partial charge on any atom is 0.293 e. The van der Waals surface area contributed by atoms with Crippen LogP contribution >= 0.6 is 0 Å². The molecule has 7 nitrogen and oxygen atoms in total. The quantitative estimate of drug-likeness (QED) is 0.665. The van der Waals surface area contributed by atoms with Crippen LogP contribution in [0.3, 0.4) is 0 Å². The van der Waals surface area contributed by atoms with Gasteiger partial charge in [-0.3, -0.25) is 19.9 Å². The van der Waals surface area contributed by atoms with Crippen LogP contribution in [0.15, 0.2) is 36.5 Å². The maximum absolute atomic E-state index is 12.3. The fraction of sp³-hybridized carbons (Fsp3) is 0.143. The molecule has 0 aliphatic heterocycles. The van der Waals surface area contributed by atoms with Gasteiger partial charge in [-0.1, -0.05) is 6.07 Å². The molecule has 0 saturated heterocycles. The highest BCUT2D eigenvalue weighted by Gasteiger charge is 2.20. The van der Waals surface area contributed by atoms with Gasteiger partial charge in [-0.2, -0.15) is 0 Å². The number of anilines is 2. The molecular weight excluding hydrogens is 272 g/mol. The summed E-state index contributed by atoms with van der Waals surface area (Å²) in [6.07, 6.45) is 1.53. The Bertz CT molecular complexity index is 683. The van der Waals surface area contributed by atoms with Crippen molar-refractivity contribution in [3.05, 3.63) is 57.9 Å². The first-order valence-corrected chi connectivity index (χ1v) is 6.22. The van der Waals surface area contributed by atoms with Gasteiger partial charge in [-0.05, 0) is 25.1 Å². The lowest BCUT2D eigenvalue weighted by Crippen LogP contribution is -2.15. The van der Waals surface area contributed by atoms with Crippen molar-refractivity contribution in [2.75, 3.05) is 17.7 Å². The number of nitro groups is 1. The van der Waals surface area contributed by atoms with E-state index in [0.717, 1.165) is 5.69 Å². The molecule has 1 heterocycles. The normalized spacial score (nSPS) is 10.0. The molecule has 7 heteroatoms. The number of carbonyl (C=O) groups is 1. The molecular formula is C14H14N4O3. The summed E-state index contributed by atoms with van der Waals surface area (Å²) in [5.74, 6) is -0.436. The third-order valence-electron chi connectivity index (χ3n) is 2.90. The fourth-order valence-corrected chi connectivity index (χ4v) is 1.88. The zero-order chi connectivity index (χ0) is 15.4. The molecule has 21 heavy (non-hydrogen) atoms. The average molecular weight is 286 g/mol. The summed E-state index contributed by atoms with van der Waals surface area (Å²) in [6, 6.07) is 7.83. The number of carbonyl (C=O) groups excluding carboxylic acids is 1. The van der Waals surface area contributed by atoms with Crippen molar-refractivity contribution in [2.45, 2.75) is 6.92 Å². The first-order valence-electron chi connectivity index (χ1n) is 6.22. The molecule has 1 aromatic carbocycles. The molecule has 0 atom stereocenters. The predicted octanol–water partition coefficient (Wildman–Crippen LogP) is 2.59. The second-order valence-corrected chi connectivity index (χ2v) is 4.35. The molecule has 2 rings (SSSR count). The maximum atomic E-state index is 12.3. The lowest BCUT2D eigenvalue weighted by atomic mass is 10.1. The molecule has 108 valence electrons. The molecule has 1 amide bonds. The van der Waals surface area contributed by atoms with Crippen molar-refractivity contribution in [3.63, 3.8) is 0 Å². The lowest BCUT2D eigenvalue weighted by Gasteiger charge is -2.10. The van der Waals surface area contributed by atoms with Crippen LogP contribution in [0.5, 0.6) is 0 Å². The number of aromatic nitrogens is 1. The smallest absolute Gasteiger partial charge is 0.293 e. The summed E-state index contributed by atoms with van der Waals surface area (Å²) in [5, 5.41) is 16.3. The highest BCUT2D eigenvalue weighted by atomic mass is 16.6. The average Bonchev–Trinajstić information content (AvgIpc) is 2.48. The number of aryl methyl sites for hydroxylation is 1. The van der Waals surface area contributed by atoms with Gasteiger partial charge in [0.25, 0.3) is 11.6 Å². The molecule has 2 N–H and O–H groups in total. The summed E-state index contributed by atoms with van der Waals surface area (Å²) in [6.45, 7) is 1.84. The molecule has 0 spiro atoms. The third-order valence-corrected chi connectivity index (χ3v) is 2.90. The van der Waals surface area contributed by atoms with Gasteiger partial charge in [0, 0.05) is 18.8 Å². The number of rotatable bonds is 4. The van der Waals surface area contributed by atoms with Crippen LogP contribution in [-0.2, 0) is 0 Å². The summed E-state index contributed by atoms with van der Waals surface area (Å²) >= 11 is 0. The van der Waals surface area contributed by atoms with E-state index >= 15 is 0 Å². The van der Waals surface area contributed by atoms with Crippen molar-refractivity contribution in [3.8, 4) is 0 Å². The first kappa shape index (κ1) is 14.4. The van der Waals surface area contributed by atoms with E-state index in [9.17, 15) is 14.9 Å². The van der Waals surface area contributed by atoms with E-state index in [2.05, 4.69) is 15.6 Å². The van der Waals surface area contributed by atoms with Gasteiger partial charge in [0.05, 0.1) is 22.4 Å². The molecule has 0 radical (unpaired) electrons. The molecule has 0 fully saturated rings. The number of hydrogen-bond acceptors (Lipinski definition) is 5. The number of para-hydroxylation sites is 1. The highest BCUT2D eigenvalue weighted by Crippen LogP contribution is 2.28. The summed E-state index contributed by atoms with van der Waals surface area (Å²) in [4.78, 5) is 26.8. The minimum absolute atomic E-state index is 0.146. The van der Waals surface area contributed by atoms with Crippen LogP contribution in [0, 0.1) is 17.0 Å². The second kappa shape index (κ2) is 6.00. The SMILES string of the molecule is CNc1c(C(=O)Nc2ccc(C)nc2)cccc1[N+](=O)[O-]. The zero-order valence-corrected chi connectivity index (χ0v) is 11.6. The number of pyridine rings is 1. The van der Waals surface area contributed by atoms with Gasteiger partial charge >= 0.3 is 0 Å². The number of amides is 1. The van der Waals surface area contributed by atoms with E-state index in [1.165, 1.54) is 31.4 Å². The van der Waals surface area contributed by atoms with Crippen LogP contribution < -0.4 is 10.6 Å². The van der Waals surface area contributed by atoms with Gasteiger partial charge in [0.2, 0.25) is 0 Å². The highest BCUT2D eigenvalue weighted by molar-refractivity contribution is 6.09. The van der Waals surface area contributed by atoms with E-state index in [4.69, 9.17) is 0 Å². The summed E-state index contributed by atoms with van der Waals surface area (Å²) < 4.78 is 0. The van der Waals surface area contributed by atoms with E-state index in [1.807, 2.05) is 6.92 Å². The first-order chi connectivity index (χ1) is 10.0. The van der Waals surface area contributed by atoms with Gasteiger partial charge in [-0.15, -0.1) is 0 Å². The predicted molar refractivity (Wildman–Crippen MR) is 79.6 cm³/mol. The van der Waals surface area contributed by atoms with E-state index < -0.39 is 10.8 Å². The van der Waals surface area contributed by atoms with Crippen molar-refractivity contribution < 1.29 is 9.72 Å². The van der Waals surface area contributed by atoms with Crippen molar-refractivity contribution >= 4 is 23.0 Å². The molecule has 0 saturated carbocycles. The van der Waals surface area contributed by atoms with Crippen molar-refractivity contribution in [1.82, 2.24) is 4.98 Å². The third kappa shape index (κ3) is 3.14. The Labute approximate surface area is 121 Å². The minimum Gasteiger partial charge on any atom is -0.382 e. The van der Waals surface area contributed by atoms with Crippen LogP contribution in [0.2, 0.25) is 0 Å². The second-order valence-electron chi connectivity index (χ2n) is 4.35. The molecule has 0 bridgehead atoms. The zero-order valence-electron chi connectivity index (χ0n) is 11.6. The van der Waals surface area contributed by atoms with Crippen LogP contribution in [0.4, 0.5) is 17.1 Å². The Morgan fingerprint density at radius 1 is 1.29 bits per heavy atom. The van der Waals surface area contributed by atoms with Crippen LogP contribution in [0.1, 0.15) is 16.1 Å². The molecule has 1 aromatic heterocycles. The standard InChI is InChI=1S/C14H14N4O3/c1-9-6-7-10(8-16-9)17-14(19)11-4-3-5-12(18(20)21)13(11)15-2/h3-8,15H,1-2H3,(H,17,19). The Morgan fingerprint density at radius 3 is 2.62 bits per heavy atom. The van der Waals surface area contributed by atoms with Crippen LogP contribution in [-0.4, -0.2) is 22.9 Å². The number of nitro benzene ring substituents is 1. The Balaban J connectivity index is 2.33. The topological polar surface area (TPSA) is 97.2 Å². The minimum atomic E-state index is -0.532. The fourth-order valence-electron chi connectivity index (χ4n) is 1.88. The van der Waals surface area contributed by atoms with E-state index in [1.54, 1.807) is 12.1 Å². The summed E-state index contributed by atoms with van der Waals surface area (Å²) in [7, 11) is 1.53. The summed E-state index contributed by atoms with van der Waals surface area (Å²) in [5.41, 5.74) is 1.60. The number of nitrogens with zero attached hydrogens (tertiary/aromatic N) is 2. The Hall–Kier alpha value is -2.96. The van der Waals surface area contributed by atoms with Crippen LogP contribution in [0.25, 0.3) is 0 Å². The number of hydrogen-bond donors (Lipinski definition) is 2. The van der Waals surface area contributed by atoms with Gasteiger partial charge in [0.1, 0.15) is 5.69 Å². The van der Waals surface area contributed by atoms with E-state index in [-0.39, 0.29) is 16.9 Å². The number of nitrogens with one attached hydrogen (secondary N) is 2. The number of benzene rings is 1. The van der Waals surface area contributed by atoms with E-state index in [0.29, 0.717) is 5.69 Å². The Kier molecular flexibility index (Phi) is 4.13. The largest absolute Gasteiger partial charge is 0.382 e. The Morgan fingerprint density at radius 2 is 2.05 bits per heavy atom. The monoisotopic (exact) mass is 286 g/mol. The van der Waals surface area contributed by atoms with Crippen molar-refractivity contribution in [2.24, 2.45) is 0 Å². The lowest BCUT2D eigenvalue weighted by molar-refractivity contribution is -0.384. The molecule has 0 unspecified atom stereocenters. The molecule has 0 aliphatic rings. The van der Waals surface area contributed by atoms with Crippen molar-refractivity contribution in [1.29, 1.82) is 0 Å². The molecule has 0 aliphatic carbocycles. The van der Waals surface area contributed by atoms with Gasteiger partial charge in [0.15, 0.2) is 0 Å². The van der Waals surface area contributed by atoms with Gasteiger partial charge in [-0.25, -0.2) is 0 Å².